The molecule has 2 aliphatic rings. The maximum atomic E-state index is 12.5. The van der Waals surface area contributed by atoms with E-state index in [1.165, 1.54) is 11.1 Å². The van der Waals surface area contributed by atoms with Crippen LogP contribution in [0.5, 0.6) is 0 Å². The van der Waals surface area contributed by atoms with Crippen LogP contribution >= 0.6 is 0 Å². The highest BCUT2D eigenvalue weighted by Gasteiger charge is 2.46. The van der Waals surface area contributed by atoms with Gasteiger partial charge in [0.15, 0.2) is 0 Å². The summed E-state index contributed by atoms with van der Waals surface area (Å²) in [7, 11) is 0. The number of carbonyl (C=O) groups excluding carboxylic acids is 2. The van der Waals surface area contributed by atoms with Crippen LogP contribution in [0.2, 0.25) is 0 Å². The zero-order chi connectivity index (χ0) is 22.7. The lowest BCUT2D eigenvalue weighted by Gasteiger charge is -2.19. The van der Waals surface area contributed by atoms with Crippen molar-refractivity contribution in [3.8, 4) is 11.1 Å². The minimum atomic E-state index is -0.925. The van der Waals surface area contributed by atoms with Gasteiger partial charge in [0.05, 0.1) is 11.5 Å². The molecule has 32 heavy (non-hydrogen) atoms. The van der Waals surface area contributed by atoms with Crippen molar-refractivity contribution in [3.05, 3.63) is 59.7 Å². The summed E-state index contributed by atoms with van der Waals surface area (Å²) in [5.41, 5.74) is 4.02. The Morgan fingerprint density at radius 2 is 1.66 bits per heavy atom. The number of hydrogen-bond acceptors (Lipinski definition) is 4. The van der Waals surface area contributed by atoms with Crippen LogP contribution in [-0.4, -0.2) is 41.8 Å². The normalized spacial score (nSPS) is 16.4. The Bertz CT molecular complexity index is 985. The zero-order valence-corrected chi connectivity index (χ0v) is 18.1. The van der Waals surface area contributed by atoms with Gasteiger partial charge in [-0.3, -0.25) is 9.59 Å². The first-order valence-electron chi connectivity index (χ1n) is 11.0. The molecule has 2 amide bonds. The Morgan fingerprint density at radius 3 is 2.19 bits per heavy atom. The van der Waals surface area contributed by atoms with E-state index in [9.17, 15) is 14.4 Å². The molecular formula is C25H28N2O5. The molecule has 168 valence electrons. The summed E-state index contributed by atoms with van der Waals surface area (Å²) in [6, 6.07) is 16.3. The molecule has 0 radical (unpaired) electrons. The summed E-state index contributed by atoms with van der Waals surface area (Å²) >= 11 is 0. The number of nitrogens with one attached hydrogen (secondary N) is 2. The maximum absolute atomic E-state index is 12.5. The maximum Gasteiger partial charge on any atom is 0.407 e. The molecule has 4 rings (SSSR count). The predicted molar refractivity (Wildman–Crippen MR) is 119 cm³/mol. The number of hydrogen-bond donors (Lipinski definition) is 3. The van der Waals surface area contributed by atoms with E-state index in [0.29, 0.717) is 19.3 Å². The minimum absolute atomic E-state index is 0.0198. The van der Waals surface area contributed by atoms with Crippen LogP contribution in [0.4, 0.5) is 4.79 Å². The van der Waals surface area contributed by atoms with E-state index < -0.39 is 23.5 Å². The fourth-order valence-electron chi connectivity index (χ4n) is 4.36. The van der Waals surface area contributed by atoms with Crippen LogP contribution in [-0.2, 0) is 14.3 Å². The fraction of sp³-hybridized carbons (Fsp3) is 0.400. The molecule has 0 spiro atoms. The highest BCUT2D eigenvalue weighted by Crippen LogP contribution is 2.44. The van der Waals surface area contributed by atoms with E-state index in [4.69, 9.17) is 9.84 Å². The molecule has 2 aromatic carbocycles. The summed E-state index contributed by atoms with van der Waals surface area (Å²) in [5.74, 6) is -1.82. The summed E-state index contributed by atoms with van der Waals surface area (Å²) in [6.45, 7) is 2.08. The number of alkyl carbamates (subject to hydrolysis) is 1. The number of carboxylic acids is 1. The predicted octanol–water partition coefficient (Wildman–Crippen LogP) is 3.67. The molecule has 0 aromatic heterocycles. The second kappa shape index (κ2) is 9.02. The summed E-state index contributed by atoms with van der Waals surface area (Å²) in [4.78, 5) is 35.9. The molecule has 1 saturated carbocycles. The minimum Gasteiger partial charge on any atom is -0.481 e. The van der Waals surface area contributed by atoms with E-state index in [2.05, 4.69) is 34.9 Å². The van der Waals surface area contributed by atoms with Crippen LogP contribution in [0.1, 0.15) is 49.7 Å². The third-order valence-electron chi connectivity index (χ3n) is 6.45. The van der Waals surface area contributed by atoms with Crippen LogP contribution in [0, 0.1) is 5.92 Å². The standard InChI is InChI=1S/C25H28N2O5/c1-2-16(23(29)30)14-26-22(28)13-25(11-12-25)27-24(31)32-15-21-19-9-5-3-7-17(19)18-8-4-6-10-20(18)21/h3-10,16,21H,2,11-15H2,1H3,(H,26,28)(H,27,31)(H,29,30). The van der Waals surface area contributed by atoms with Crippen LogP contribution in [0.3, 0.4) is 0 Å². The Morgan fingerprint density at radius 1 is 1.06 bits per heavy atom. The lowest BCUT2D eigenvalue weighted by molar-refractivity contribution is -0.141. The van der Waals surface area contributed by atoms with E-state index in [1.807, 2.05) is 24.3 Å². The Kier molecular flexibility index (Phi) is 6.17. The van der Waals surface area contributed by atoms with Crippen molar-refractivity contribution in [2.45, 2.75) is 44.1 Å². The number of ether oxygens (including phenoxy) is 1. The summed E-state index contributed by atoms with van der Waals surface area (Å²) < 4.78 is 5.58. The van der Waals surface area contributed by atoms with Crippen molar-refractivity contribution in [2.75, 3.05) is 13.2 Å². The quantitative estimate of drug-likeness (QED) is 0.556. The first-order chi connectivity index (χ1) is 15.4. The first kappa shape index (κ1) is 21.9. The molecule has 2 aliphatic carbocycles. The Labute approximate surface area is 187 Å². The molecule has 1 fully saturated rings. The number of benzene rings is 2. The molecule has 0 saturated heterocycles. The molecule has 0 aliphatic heterocycles. The second-order valence-corrected chi connectivity index (χ2v) is 8.66. The average molecular weight is 437 g/mol. The van der Waals surface area contributed by atoms with Gasteiger partial charge in [-0.1, -0.05) is 55.5 Å². The molecule has 7 heteroatoms. The Balaban J connectivity index is 1.31. The van der Waals surface area contributed by atoms with Crippen LogP contribution in [0.25, 0.3) is 11.1 Å². The fourth-order valence-corrected chi connectivity index (χ4v) is 4.36. The van der Waals surface area contributed by atoms with Crippen molar-refractivity contribution in [1.29, 1.82) is 0 Å². The van der Waals surface area contributed by atoms with Crippen molar-refractivity contribution in [3.63, 3.8) is 0 Å². The largest absolute Gasteiger partial charge is 0.481 e. The van der Waals surface area contributed by atoms with Crippen molar-refractivity contribution in [1.82, 2.24) is 10.6 Å². The van der Waals surface area contributed by atoms with E-state index >= 15 is 0 Å². The summed E-state index contributed by atoms with van der Waals surface area (Å²) in [6.07, 6.45) is 1.42. The van der Waals surface area contributed by atoms with Gasteiger partial charge in [-0.2, -0.15) is 0 Å². The monoisotopic (exact) mass is 436 g/mol. The number of rotatable bonds is 9. The van der Waals surface area contributed by atoms with Gasteiger partial charge in [0.1, 0.15) is 6.61 Å². The second-order valence-electron chi connectivity index (χ2n) is 8.66. The van der Waals surface area contributed by atoms with Gasteiger partial charge >= 0.3 is 12.1 Å². The van der Waals surface area contributed by atoms with Gasteiger partial charge in [-0.25, -0.2) is 4.79 Å². The molecule has 1 atom stereocenters. The van der Waals surface area contributed by atoms with Gasteiger partial charge in [-0.15, -0.1) is 0 Å². The Hall–Kier alpha value is -3.35. The van der Waals surface area contributed by atoms with E-state index in [0.717, 1.165) is 11.1 Å². The number of carbonyl (C=O) groups is 3. The van der Waals surface area contributed by atoms with Crippen molar-refractivity contribution in [2.24, 2.45) is 5.92 Å². The third-order valence-corrected chi connectivity index (χ3v) is 6.45. The lowest BCUT2D eigenvalue weighted by atomic mass is 9.98. The van der Waals surface area contributed by atoms with Gasteiger partial charge < -0.3 is 20.5 Å². The van der Waals surface area contributed by atoms with Gasteiger partial charge in [0.2, 0.25) is 5.91 Å². The van der Waals surface area contributed by atoms with Crippen LogP contribution in [0.15, 0.2) is 48.5 Å². The molecule has 3 N–H and O–H groups in total. The SMILES string of the molecule is CCC(CNC(=O)CC1(NC(=O)OCC2c3ccccc3-c3ccccc32)CC1)C(=O)O. The third kappa shape index (κ3) is 4.61. The molecule has 7 nitrogen and oxygen atoms in total. The smallest absolute Gasteiger partial charge is 0.407 e. The number of carboxylic acid groups (broad SMARTS) is 1. The number of fused-ring (bicyclic) bond motifs is 3. The average Bonchev–Trinajstić information content (AvgIpc) is 3.44. The van der Waals surface area contributed by atoms with Gasteiger partial charge in [0.25, 0.3) is 0 Å². The zero-order valence-electron chi connectivity index (χ0n) is 18.1. The topological polar surface area (TPSA) is 105 Å². The summed E-state index contributed by atoms with van der Waals surface area (Å²) in [5, 5.41) is 14.6. The highest BCUT2D eigenvalue weighted by molar-refractivity contribution is 5.81. The van der Waals surface area contributed by atoms with E-state index in [-0.39, 0.29) is 31.4 Å². The van der Waals surface area contributed by atoms with Crippen molar-refractivity contribution < 1.29 is 24.2 Å². The number of amides is 2. The molecule has 2 aromatic rings. The highest BCUT2D eigenvalue weighted by atomic mass is 16.5. The molecule has 0 heterocycles. The lowest BCUT2D eigenvalue weighted by Crippen LogP contribution is -2.42. The van der Waals surface area contributed by atoms with E-state index in [1.54, 1.807) is 6.92 Å². The molecule has 1 unspecified atom stereocenters. The number of aliphatic carboxylic acids is 1. The molecule has 0 bridgehead atoms. The van der Waals surface area contributed by atoms with Crippen LogP contribution < -0.4 is 10.6 Å². The van der Waals surface area contributed by atoms with Crippen molar-refractivity contribution >= 4 is 18.0 Å². The van der Waals surface area contributed by atoms with Gasteiger partial charge in [-0.05, 0) is 41.5 Å². The molecular weight excluding hydrogens is 408 g/mol. The van der Waals surface area contributed by atoms with Gasteiger partial charge in [0, 0.05) is 18.9 Å². The first-order valence-corrected chi connectivity index (χ1v) is 11.0.